The standard InChI is InChI=1S/C18H16F3N5O8S3/c1-2-37-17(15(32)33)5-26-12(30)10(13(26)36-6-17)23-11(29)9(25-34-3-8(27)28)7-4-35-16(22-7)24-14(31)18(19,20)21/h2,4,10,13H,1,3,5-6H2,(H,23,29)(H,27,28)(H,32,33)(H,22,24,31)/t10?,13-,17?/m1/s1. The maximum absolute atomic E-state index is 12.9. The lowest BCUT2D eigenvalue weighted by Gasteiger charge is -2.53. The van der Waals surface area contributed by atoms with Crippen LogP contribution in [0, 0.1) is 0 Å². The van der Waals surface area contributed by atoms with Gasteiger partial charge in [-0.25, -0.2) is 9.78 Å². The number of halogens is 3. The SMILES string of the molecule is C=CSC1(C(=O)O)CS[C@@H]2C(NC(=O)C(=NOCC(=O)O)c3csc(NC(=O)C(F)(F)F)n3)C(=O)N2C1. The third kappa shape index (κ3) is 6.16. The lowest BCUT2D eigenvalue weighted by Crippen LogP contribution is -2.74. The normalized spacial score (nSPS) is 23.4. The van der Waals surface area contributed by atoms with Gasteiger partial charge in [0.05, 0.1) is 0 Å². The van der Waals surface area contributed by atoms with Gasteiger partial charge in [-0.15, -0.1) is 34.9 Å². The quantitative estimate of drug-likeness (QED) is 0.171. The number of hydrogen-bond acceptors (Lipinski definition) is 11. The number of anilines is 1. The van der Waals surface area contributed by atoms with Gasteiger partial charge in [-0.2, -0.15) is 13.2 Å². The zero-order chi connectivity index (χ0) is 27.5. The highest BCUT2D eigenvalue weighted by Gasteiger charge is 2.57. The van der Waals surface area contributed by atoms with Crippen molar-refractivity contribution in [2.75, 3.05) is 24.2 Å². The second-order valence-corrected chi connectivity index (χ2v) is 10.6. The average molecular weight is 584 g/mol. The Morgan fingerprint density at radius 3 is 2.68 bits per heavy atom. The molecule has 0 spiro atoms. The number of carbonyl (C=O) groups excluding carboxylic acids is 3. The van der Waals surface area contributed by atoms with E-state index in [0.29, 0.717) is 11.3 Å². The molecule has 1 aromatic heterocycles. The smallest absolute Gasteiger partial charge is 0.471 e. The molecule has 0 radical (unpaired) electrons. The molecule has 0 aromatic carbocycles. The first-order valence-corrected chi connectivity index (χ1v) is 12.6. The first-order chi connectivity index (χ1) is 17.3. The number of carboxylic acids is 2. The van der Waals surface area contributed by atoms with Gasteiger partial charge in [0.15, 0.2) is 10.8 Å². The van der Waals surface area contributed by atoms with Crippen LogP contribution >= 0.6 is 34.9 Å². The highest BCUT2D eigenvalue weighted by molar-refractivity contribution is 8.06. The van der Waals surface area contributed by atoms with Crippen molar-refractivity contribution in [3.63, 3.8) is 0 Å². The van der Waals surface area contributed by atoms with Crippen molar-refractivity contribution in [3.05, 3.63) is 23.1 Å². The molecule has 2 fully saturated rings. The minimum Gasteiger partial charge on any atom is -0.480 e. The molecule has 1 aromatic rings. The molecule has 0 saturated carbocycles. The Balaban J connectivity index is 1.75. The molecule has 37 heavy (non-hydrogen) atoms. The summed E-state index contributed by atoms with van der Waals surface area (Å²) in [6.07, 6.45) is -5.19. The molecule has 2 aliphatic heterocycles. The fraction of sp³-hybridized carbons (Fsp3) is 0.389. The molecule has 0 aliphatic carbocycles. The van der Waals surface area contributed by atoms with Crippen molar-refractivity contribution in [2.45, 2.75) is 22.3 Å². The molecular weight excluding hydrogens is 567 g/mol. The van der Waals surface area contributed by atoms with Gasteiger partial charge in [0, 0.05) is 17.7 Å². The Labute approximate surface area is 217 Å². The van der Waals surface area contributed by atoms with Gasteiger partial charge < -0.3 is 25.3 Å². The Bertz CT molecular complexity index is 1180. The summed E-state index contributed by atoms with van der Waals surface area (Å²) < 4.78 is 36.2. The van der Waals surface area contributed by atoms with E-state index >= 15 is 0 Å². The van der Waals surface area contributed by atoms with Crippen LogP contribution in [0.15, 0.2) is 22.5 Å². The Morgan fingerprint density at radius 1 is 1.38 bits per heavy atom. The minimum absolute atomic E-state index is 0.0941. The molecule has 2 saturated heterocycles. The molecule has 2 unspecified atom stereocenters. The molecular formula is C18H16F3N5O8S3. The van der Waals surface area contributed by atoms with Gasteiger partial charge in [0.1, 0.15) is 21.9 Å². The first-order valence-electron chi connectivity index (χ1n) is 9.80. The number of thiazole rings is 1. The maximum atomic E-state index is 12.9. The molecule has 4 N–H and O–H groups in total. The summed E-state index contributed by atoms with van der Waals surface area (Å²) in [5, 5.41) is 26.9. The van der Waals surface area contributed by atoms with Crippen LogP contribution in [0.5, 0.6) is 0 Å². The number of nitrogens with one attached hydrogen (secondary N) is 2. The number of alkyl halides is 3. The predicted molar refractivity (Wildman–Crippen MR) is 125 cm³/mol. The van der Waals surface area contributed by atoms with Crippen LogP contribution in [0.4, 0.5) is 18.3 Å². The predicted octanol–water partition coefficient (Wildman–Crippen LogP) is 0.549. The number of nitrogens with zero attached hydrogens (tertiary/aromatic N) is 3. The Morgan fingerprint density at radius 2 is 2.08 bits per heavy atom. The van der Waals surface area contributed by atoms with Crippen molar-refractivity contribution < 1.29 is 52.2 Å². The molecule has 2 aliphatic rings. The van der Waals surface area contributed by atoms with Crippen molar-refractivity contribution in [2.24, 2.45) is 5.16 Å². The molecule has 0 bridgehead atoms. The first kappa shape index (κ1) is 28.3. The monoisotopic (exact) mass is 583 g/mol. The molecule has 3 heterocycles. The Kier molecular flexibility index (Phi) is 8.38. The van der Waals surface area contributed by atoms with Crippen molar-refractivity contribution in [1.29, 1.82) is 0 Å². The van der Waals surface area contributed by atoms with Gasteiger partial charge in [-0.05, 0) is 5.41 Å². The maximum Gasteiger partial charge on any atom is 0.471 e. The second kappa shape index (κ2) is 11.0. The number of carboxylic acid groups (broad SMARTS) is 2. The summed E-state index contributed by atoms with van der Waals surface area (Å²) in [5.74, 6) is -6.45. The molecule has 19 heteroatoms. The number of amides is 3. The fourth-order valence-electron chi connectivity index (χ4n) is 3.14. The van der Waals surface area contributed by atoms with Crippen LogP contribution in [0.2, 0.25) is 0 Å². The highest BCUT2D eigenvalue weighted by Crippen LogP contribution is 2.44. The van der Waals surface area contributed by atoms with Crippen LogP contribution in [0.1, 0.15) is 5.69 Å². The van der Waals surface area contributed by atoms with E-state index < -0.39 is 69.4 Å². The summed E-state index contributed by atoms with van der Waals surface area (Å²) in [6.45, 7) is 2.41. The van der Waals surface area contributed by atoms with E-state index in [1.165, 1.54) is 15.6 Å². The lowest BCUT2D eigenvalue weighted by molar-refractivity contribution is -0.167. The van der Waals surface area contributed by atoms with E-state index in [9.17, 15) is 42.3 Å². The number of β-lactam (4-membered cyclic amide) rings is 1. The fourth-order valence-corrected chi connectivity index (χ4v) is 6.33. The van der Waals surface area contributed by atoms with Crippen LogP contribution < -0.4 is 10.6 Å². The lowest BCUT2D eigenvalue weighted by atomic mass is 10.0. The van der Waals surface area contributed by atoms with Gasteiger partial charge in [-0.3, -0.25) is 24.5 Å². The molecule has 3 rings (SSSR count). The van der Waals surface area contributed by atoms with Gasteiger partial charge in [-0.1, -0.05) is 11.7 Å². The van der Waals surface area contributed by atoms with Crippen LogP contribution in [-0.4, -0.2) is 96.7 Å². The van der Waals surface area contributed by atoms with Gasteiger partial charge in [0.2, 0.25) is 12.5 Å². The number of fused-ring (bicyclic) bond motifs is 1. The van der Waals surface area contributed by atoms with E-state index in [1.54, 1.807) is 0 Å². The summed E-state index contributed by atoms with van der Waals surface area (Å²) in [5.41, 5.74) is -1.03. The number of carbonyl (C=O) groups is 5. The third-order valence-corrected chi connectivity index (χ3v) is 8.36. The number of thioether (sulfide) groups is 2. The summed E-state index contributed by atoms with van der Waals surface area (Å²) in [7, 11) is 0. The topological polar surface area (TPSA) is 188 Å². The van der Waals surface area contributed by atoms with Crippen LogP contribution in [-0.2, 0) is 28.8 Å². The van der Waals surface area contributed by atoms with Gasteiger partial charge >= 0.3 is 24.0 Å². The number of hydrogen-bond donors (Lipinski definition) is 4. The van der Waals surface area contributed by atoms with E-state index in [0.717, 1.165) is 28.9 Å². The average Bonchev–Trinajstić information content (AvgIpc) is 3.27. The molecule has 3 atom stereocenters. The molecule has 3 amide bonds. The third-order valence-electron chi connectivity index (χ3n) is 4.82. The van der Waals surface area contributed by atoms with E-state index in [4.69, 9.17) is 5.11 Å². The highest BCUT2D eigenvalue weighted by atomic mass is 32.2. The van der Waals surface area contributed by atoms with Crippen molar-refractivity contribution in [1.82, 2.24) is 15.2 Å². The van der Waals surface area contributed by atoms with Crippen LogP contribution in [0.3, 0.4) is 0 Å². The van der Waals surface area contributed by atoms with E-state index in [-0.39, 0.29) is 18.0 Å². The summed E-state index contributed by atoms with van der Waals surface area (Å²) in [6, 6.07) is -1.11. The molecule has 13 nitrogen and oxygen atoms in total. The molecule has 200 valence electrons. The Hall–Kier alpha value is -3.32. The summed E-state index contributed by atoms with van der Waals surface area (Å²) in [4.78, 5) is 68.7. The summed E-state index contributed by atoms with van der Waals surface area (Å²) >= 11 is 2.59. The largest absolute Gasteiger partial charge is 0.480 e. The minimum atomic E-state index is -5.19. The zero-order valence-electron chi connectivity index (χ0n) is 18.2. The number of aliphatic carboxylic acids is 2. The second-order valence-electron chi connectivity index (χ2n) is 7.30. The van der Waals surface area contributed by atoms with Crippen molar-refractivity contribution in [3.8, 4) is 0 Å². The van der Waals surface area contributed by atoms with Crippen LogP contribution in [0.25, 0.3) is 0 Å². The number of aromatic nitrogens is 1. The number of rotatable bonds is 10. The van der Waals surface area contributed by atoms with Gasteiger partial charge in [0.25, 0.3) is 5.91 Å². The van der Waals surface area contributed by atoms with E-state index in [2.05, 4.69) is 26.9 Å². The van der Waals surface area contributed by atoms with Crippen molar-refractivity contribution >= 4 is 75.4 Å². The van der Waals surface area contributed by atoms with E-state index in [1.807, 2.05) is 0 Å². The number of oxime groups is 1. The zero-order valence-corrected chi connectivity index (χ0v) is 20.6.